The van der Waals surface area contributed by atoms with Crippen LogP contribution in [0, 0.1) is 0 Å². The lowest BCUT2D eigenvalue weighted by Crippen LogP contribution is -2.50. The van der Waals surface area contributed by atoms with Crippen LogP contribution in [0.1, 0.15) is 11.1 Å². The highest BCUT2D eigenvalue weighted by Crippen LogP contribution is 2.39. The number of halogens is 1. The zero-order valence-electron chi connectivity index (χ0n) is 17.9. The second-order valence-corrected chi connectivity index (χ2v) is 8.19. The van der Waals surface area contributed by atoms with Crippen LogP contribution in [0.25, 0.3) is 11.2 Å². The lowest BCUT2D eigenvalue weighted by atomic mass is 10.0. The van der Waals surface area contributed by atoms with E-state index in [0.29, 0.717) is 30.2 Å². The summed E-state index contributed by atoms with van der Waals surface area (Å²) in [6.45, 7) is 0.930. The Bertz CT molecular complexity index is 1210. The van der Waals surface area contributed by atoms with Crippen LogP contribution >= 0.6 is 11.6 Å². The number of rotatable bonds is 8. The van der Waals surface area contributed by atoms with E-state index in [1.807, 2.05) is 65.2 Å². The minimum Gasteiger partial charge on any atom is -0.382 e. The average molecular weight is 466 g/mol. The molecular weight excluding hydrogens is 442 g/mol. The molecule has 2 aromatic carbocycles. The third-order valence-electron chi connectivity index (χ3n) is 5.81. The van der Waals surface area contributed by atoms with Gasteiger partial charge in [0.25, 0.3) is 0 Å². The molecule has 0 amide bonds. The van der Waals surface area contributed by atoms with Gasteiger partial charge >= 0.3 is 0 Å². The topological polar surface area (TPSA) is 97.3 Å². The van der Waals surface area contributed by atoms with E-state index in [4.69, 9.17) is 31.5 Å². The van der Waals surface area contributed by atoms with Gasteiger partial charge in [0.05, 0.1) is 32.0 Å². The molecule has 4 aromatic rings. The Hall–Kier alpha value is -3.04. The van der Waals surface area contributed by atoms with Crippen LogP contribution in [0.2, 0.25) is 0 Å². The van der Waals surface area contributed by atoms with Gasteiger partial charge in [-0.3, -0.25) is 4.57 Å². The predicted octanol–water partition coefficient (Wildman–Crippen LogP) is 3.50. The highest BCUT2D eigenvalue weighted by Gasteiger charge is 2.54. The molecule has 0 saturated carbocycles. The van der Waals surface area contributed by atoms with Crippen molar-refractivity contribution in [3.05, 3.63) is 84.4 Å². The molecule has 5 rings (SSSR count). The van der Waals surface area contributed by atoms with Gasteiger partial charge in [0.15, 0.2) is 17.2 Å². The predicted molar refractivity (Wildman–Crippen MR) is 124 cm³/mol. The monoisotopic (exact) mass is 465 g/mol. The number of ether oxygens (including phenoxy) is 3. The van der Waals surface area contributed by atoms with Gasteiger partial charge in [-0.25, -0.2) is 15.0 Å². The van der Waals surface area contributed by atoms with Crippen LogP contribution in [0.3, 0.4) is 0 Å². The summed E-state index contributed by atoms with van der Waals surface area (Å²) >= 11 is 6.30. The van der Waals surface area contributed by atoms with E-state index in [0.717, 1.165) is 11.1 Å². The second kappa shape index (κ2) is 9.44. The molecule has 1 aliphatic rings. The first kappa shape index (κ1) is 21.8. The summed E-state index contributed by atoms with van der Waals surface area (Å²) in [6.07, 6.45) is 2.16. The molecule has 0 aliphatic carbocycles. The number of nitrogen functional groups attached to an aromatic ring is 1. The molecule has 0 spiro atoms. The molecule has 170 valence electrons. The largest absolute Gasteiger partial charge is 0.382 e. The van der Waals surface area contributed by atoms with Gasteiger partial charge in [-0.1, -0.05) is 60.7 Å². The Labute approximate surface area is 196 Å². The van der Waals surface area contributed by atoms with Gasteiger partial charge in [0.2, 0.25) is 0 Å². The van der Waals surface area contributed by atoms with Crippen molar-refractivity contribution >= 4 is 28.6 Å². The van der Waals surface area contributed by atoms with E-state index in [2.05, 4.69) is 15.0 Å². The summed E-state index contributed by atoms with van der Waals surface area (Å²) in [5.41, 5.74) is 8.09. The van der Waals surface area contributed by atoms with Crippen molar-refractivity contribution < 1.29 is 14.2 Å². The Balaban J connectivity index is 1.55. The molecule has 1 fully saturated rings. The fourth-order valence-electron chi connectivity index (χ4n) is 4.12. The van der Waals surface area contributed by atoms with Crippen LogP contribution in [0.4, 0.5) is 5.82 Å². The molecule has 1 aliphatic heterocycles. The second-order valence-electron chi connectivity index (χ2n) is 7.89. The van der Waals surface area contributed by atoms with Crippen LogP contribution < -0.4 is 5.73 Å². The first-order chi connectivity index (χ1) is 16.2. The van der Waals surface area contributed by atoms with Crippen molar-refractivity contribution in [3.63, 3.8) is 0 Å². The highest BCUT2D eigenvalue weighted by atomic mass is 35.5. The number of nitrogens with zero attached hydrogens (tertiary/aromatic N) is 4. The normalized spacial score (nSPS) is 22.7. The Morgan fingerprint density at radius 3 is 2.39 bits per heavy atom. The summed E-state index contributed by atoms with van der Waals surface area (Å²) in [6, 6.07) is 19.9. The zero-order valence-corrected chi connectivity index (χ0v) is 18.6. The SMILES string of the molecule is Nc1ncnc2c1ncn2C1(OCc2ccccc2)COC(CCl)C1OCc1ccccc1. The Morgan fingerprint density at radius 1 is 1.00 bits per heavy atom. The maximum atomic E-state index is 6.62. The zero-order chi connectivity index (χ0) is 22.7. The van der Waals surface area contributed by atoms with Gasteiger partial charge < -0.3 is 19.9 Å². The van der Waals surface area contributed by atoms with Gasteiger partial charge in [-0.05, 0) is 11.1 Å². The number of anilines is 1. The van der Waals surface area contributed by atoms with E-state index in [9.17, 15) is 0 Å². The standard InChI is InChI=1S/C24H24ClN5O3/c25-11-19-21(31-12-17-7-3-1-4-8-17)24(14-32-19,33-13-18-9-5-2-6-10-18)30-16-29-20-22(26)27-15-28-23(20)30/h1-10,15-16,19,21H,11-14H2,(H2,26,27,28). The van der Waals surface area contributed by atoms with E-state index >= 15 is 0 Å². The number of aromatic nitrogens is 4. The molecule has 0 radical (unpaired) electrons. The number of alkyl halides is 1. The maximum Gasteiger partial charge on any atom is 0.200 e. The third-order valence-corrected chi connectivity index (χ3v) is 6.12. The quantitative estimate of drug-likeness (QED) is 0.398. The van der Waals surface area contributed by atoms with Crippen molar-refractivity contribution in [2.75, 3.05) is 18.2 Å². The van der Waals surface area contributed by atoms with Crippen molar-refractivity contribution in [2.24, 2.45) is 0 Å². The van der Waals surface area contributed by atoms with E-state index < -0.39 is 11.8 Å². The van der Waals surface area contributed by atoms with Crippen molar-refractivity contribution in [3.8, 4) is 0 Å². The molecule has 3 unspecified atom stereocenters. The summed E-state index contributed by atoms with van der Waals surface area (Å²) in [4.78, 5) is 12.9. The highest BCUT2D eigenvalue weighted by molar-refractivity contribution is 6.18. The van der Waals surface area contributed by atoms with Crippen molar-refractivity contribution in [1.82, 2.24) is 19.5 Å². The number of nitrogens with two attached hydrogens (primary N) is 1. The fourth-order valence-corrected chi connectivity index (χ4v) is 4.37. The van der Waals surface area contributed by atoms with Crippen LogP contribution in [-0.4, -0.2) is 44.2 Å². The molecular formula is C24H24ClN5O3. The molecule has 3 heterocycles. The van der Waals surface area contributed by atoms with Crippen LogP contribution in [-0.2, 0) is 33.1 Å². The van der Waals surface area contributed by atoms with Gasteiger partial charge in [0.1, 0.15) is 24.1 Å². The minimum atomic E-state index is -1.06. The van der Waals surface area contributed by atoms with Gasteiger partial charge in [-0.15, -0.1) is 11.6 Å². The van der Waals surface area contributed by atoms with E-state index in [1.165, 1.54) is 6.33 Å². The van der Waals surface area contributed by atoms with E-state index in [-0.39, 0.29) is 18.6 Å². The summed E-state index contributed by atoms with van der Waals surface area (Å²) in [5, 5.41) is 0. The average Bonchev–Trinajstić information content (AvgIpc) is 3.45. The van der Waals surface area contributed by atoms with Crippen LogP contribution in [0.5, 0.6) is 0 Å². The fraction of sp³-hybridized carbons (Fsp3) is 0.292. The molecule has 9 heteroatoms. The number of imidazole rings is 1. The molecule has 3 atom stereocenters. The molecule has 2 N–H and O–H groups in total. The Morgan fingerprint density at radius 2 is 1.70 bits per heavy atom. The lowest BCUT2D eigenvalue weighted by molar-refractivity contribution is -0.184. The smallest absolute Gasteiger partial charge is 0.200 e. The van der Waals surface area contributed by atoms with E-state index in [1.54, 1.807) is 6.33 Å². The van der Waals surface area contributed by atoms with Crippen LogP contribution in [0.15, 0.2) is 73.3 Å². The molecule has 0 bridgehead atoms. The van der Waals surface area contributed by atoms with Crippen molar-refractivity contribution in [1.29, 1.82) is 0 Å². The molecule has 33 heavy (non-hydrogen) atoms. The molecule has 2 aromatic heterocycles. The molecule has 1 saturated heterocycles. The van der Waals surface area contributed by atoms with Gasteiger partial charge in [0, 0.05) is 0 Å². The third kappa shape index (κ3) is 4.18. The number of fused-ring (bicyclic) bond motifs is 1. The number of hydrogen-bond acceptors (Lipinski definition) is 7. The number of hydrogen-bond donors (Lipinski definition) is 1. The van der Waals surface area contributed by atoms with Crippen molar-refractivity contribution in [2.45, 2.75) is 31.1 Å². The number of benzene rings is 2. The lowest BCUT2D eigenvalue weighted by Gasteiger charge is -2.36. The minimum absolute atomic E-state index is 0.214. The summed E-state index contributed by atoms with van der Waals surface area (Å²) in [5.74, 6) is 0.547. The maximum absolute atomic E-state index is 6.62. The van der Waals surface area contributed by atoms with Gasteiger partial charge in [-0.2, -0.15) is 0 Å². The first-order valence-corrected chi connectivity index (χ1v) is 11.2. The first-order valence-electron chi connectivity index (χ1n) is 10.7. The molecule has 8 nitrogen and oxygen atoms in total. The summed E-state index contributed by atoms with van der Waals surface area (Å²) < 4.78 is 21.0. The summed E-state index contributed by atoms with van der Waals surface area (Å²) in [7, 11) is 0. The Kier molecular flexibility index (Phi) is 6.24.